The maximum absolute atomic E-state index is 5.97. The molecule has 4 aromatic rings. The zero-order valence-corrected chi connectivity index (χ0v) is 13.3. The maximum atomic E-state index is 5.97. The molecule has 0 radical (unpaired) electrons. The first-order valence-corrected chi connectivity index (χ1v) is 7.54. The number of hydrogen-bond donors (Lipinski definition) is 1. The van der Waals surface area contributed by atoms with E-state index in [1.54, 1.807) is 29.5 Å². The van der Waals surface area contributed by atoms with Crippen molar-refractivity contribution < 1.29 is 0 Å². The molecule has 0 spiro atoms. The highest BCUT2D eigenvalue weighted by Crippen LogP contribution is 2.31. The van der Waals surface area contributed by atoms with Crippen LogP contribution in [0.25, 0.3) is 28.0 Å². The lowest BCUT2D eigenvalue weighted by atomic mass is 10.1. The van der Waals surface area contributed by atoms with Crippen molar-refractivity contribution in [1.82, 2.24) is 29.7 Å². The summed E-state index contributed by atoms with van der Waals surface area (Å²) in [7, 11) is 0. The molecule has 23 heavy (non-hydrogen) atoms. The van der Waals surface area contributed by atoms with Gasteiger partial charge >= 0.3 is 0 Å². The van der Waals surface area contributed by atoms with Crippen molar-refractivity contribution in [2.75, 3.05) is 5.73 Å². The second-order valence-corrected chi connectivity index (χ2v) is 5.64. The normalized spacial score (nSPS) is 11.0. The molecule has 0 saturated heterocycles. The molecule has 4 rings (SSSR count). The van der Waals surface area contributed by atoms with Gasteiger partial charge in [0, 0.05) is 35.1 Å². The van der Waals surface area contributed by atoms with E-state index in [1.165, 1.54) is 6.33 Å². The van der Waals surface area contributed by atoms with Gasteiger partial charge < -0.3 is 5.73 Å². The highest BCUT2D eigenvalue weighted by Gasteiger charge is 2.15. The van der Waals surface area contributed by atoms with E-state index < -0.39 is 0 Å². The first-order chi connectivity index (χ1) is 11.3. The van der Waals surface area contributed by atoms with Crippen LogP contribution in [0.5, 0.6) is 0 Å². The van der Waals surface area contributed by atoms with Gasteiger partial charge in [-0.05, 0) is 34.1 Å². The van der Waals surface area contributed by atoms with Gasteiger partial charge in [-0.25, -0.2) is 19.9 Å². The number of fused-ring (bicyclic) bond motifs is 1. The number of aromatic nitrogens is 6. The van der Waals surface area contributed by atoms with E-state index in [0.29, 0.717) is 17.3 Å². The van der Waals surface area contributed by atoms with Crippen LogP contribution in [0.2, 0.25) is 0 Å². The summed E-state index contributed by atoms with van der Waals surface area (Å²) in [5.74, 6) is 1.09. The quantitative estimate of drug-likeness (QED) is 0.584. The molecule has 4 heterocycles. The topological polar surface area (TPSA) is 95.4 Å². The molecule has 0 aliphatic rings. The average molecular weight is 368 g/mol. The number of nitrogen functional groups attached to an aromatic ring is 1. The maximum Gasteiger partial charge on any atom is 0.170 e. The predicted octanol–water partition coefficient (Wildman–Crippen LogP) is 2.62. The van der Waals surface area contributed by atoms with Crippen LogP contribution in [-0.2, 0) is 0 Å². The van der Waals surface area contributed by atoms with Crippen LogP contribution in [0.4, 0.5) is 5.82 Å². The Morgan fingerprint density at radius 1 is 1.00 bits per heavy atom. The molecule has 0 amide bonds. The van der Waals surface area contributed by atoms with Crippen molar-refractivity contribution in [3.63, 3.8) is 0 Å². The van der Waals surface area contributed by atoms with Gasteiger partial charge in [-0.15, -0.1) is 0 Å². The Hall–Kier alpha value is -2.87. The van der Waals surface area contributed by atoms with Gasteiger partial charge in [-0.1, -0.05) is 0 Å². The first kappa shape index (κ1) is 13.8. The standard InChI is InChI=1S/C15H10BrN7/c16-12-2-1-4-19-15(12)23-14-11(7-22-23)9(3-5-20-14)10-6-18-8-21-13(10)17/h1-8H,(H2,17,18,21). The van der Waals surface area contributed by atoms with Gasteiger partial charge in [-0.3, -0.25) is 0 Å². The van der Waals surface area contributed by atoms with Crippen LogP contribution in [0.15, 0.2) is 53.8 Å². The average Bonchev–Trinajstić information content (AvgIpc) is 3.00. The van der Waals surface area contributed by atoms with E-state index in [4.69, 9.17) is 5.73 Å². The van der Waals surface area contributed by atoms with Gasteiger partial charge in [0.25, 0.3) is 0 Å². The third-order valence-corrected chi connectivity index (χ3v) is 4.06. The summed E-state index contributed by atoms with van der Waals surface area (Å²) in [6.45, 7) is 0. The zero-order chi connectivity index (χ0) is 15.8. The number of halogens is 1. The Kier molecular flexibility index (Phi) is 3.23. The summed E-state index contributed by atoms with van der Waals surface area (Å²) >= 11 is 3.49. The molecule has 8 heteroatoms. The molecule has 7 nitrogen and oxygen atoms in total. The second-order valence-electron chi connectivity index (χ2n) is 4.78. The minimum atomic E-state index is 0.416. The Labute approximate surface area is 139 Å². The van der Waals surface area contributed by atoms with E-state index in [9.17, 15) is 0 Å². The second kappa shape index (κ2) is 5.40. The van der Waals surface area contributed by atoms with Gasteiger partial charge in [0.2, 0.25) is 0 Å². The molecule has 112 valence electrons. The number of nitrogens with two attached hydrogens (primary N) is 1. The lowest BCUT2D eigenvalue weighted by Crippen LogP contribution is -2.01. The third-order valence-electron chi connectivity index (χ3n) is 3.44. The lowest BCUT2D eigenvalue weighted by Gasteiger charge is -2.06. The minimum absolute atomic E-state index is 0.416. The fourth-order valence-electron chi connectivity index (χ4n) is 2.40. The Morgan fingerprint density at radius 3 is 2.74 bits per heavy atom. The molecular weight excluding hydrogens is 358 g/mol. The number of pyridine rings is 2. The van der Waals surface area contributed by atoms with Crippen LogP contribution in [0, 0.1) is 0 Å². The van der Waals surface area contributed by atoms with E-state index in [1.807, 2.05) is 18.2 Å². The van der Waals surface area contributed by atoms with Crippen LogP contribution in [0.1, 0.15) is 0 Å². The van der Waals surface area contributed by atoms with Gasteiger partial charge in [0.1, 0.15) is 12.1 Å². The predicted molar refractivity (Wildman–Crippen MR) is 89.8 cm³/mol. The molecular formula is C15H10BrN7. The van der Waals surface area contributed by atoms with Crippen LogP contribution < -0.4 is 5.73 Å². The molecule has 0 atom stereocenters. The first-order valence-electron chi connectivity index (χ1n) is 6.75. The Bertz CT molecular complexity index is 1010. The van der Waals surface area contributed by atoms with Gasteiger partial charge in [-0.2, -0.15) is 9.78 Å². The third kappa shape index (κ3) is 2.23. The summed E-state index contributed by atoms with van der Waals surface area (Å²) in [6.07, 6.45) is 8.27. The van der Waals surface area contributed by atoms with Crippen LogP contribution >= 0.6 is 15.9 Å². The molecule has 4 aromatic heterocycles. The summed E-state index contributed by atoms with van der Waals surface area (Å²) in [4.78, 5) is 16.9. The van der Waals surface area contributed by atoms with E-state index in [-0.39, 0.29) is 0 Å². The number of rotatable bonds is 2. The molecule has 0 saturated carbocycles. The van der Waals surface area contributed by atoms with Gasteiger partial charge in [0.05, 0.1) is 10.7 Å². The van der Waals surface area contributed by atoms with Crippen LogP contribution in [0.3, 0.4) is 0 Å². The fourth-order valence-corrected chi connectivity index (χ4v) is 2.82. The largest absolute Gasteiger partial charge is 0.383 e. The number of hydrogen-bond acceptors (Lipinski definition) is 6. The van der Waals surface area contributed by atoms with Crippen molar-refractivity contribution in [2.24, 2.45) is 0 Å². The molecule has 0 fully saturated rings. The number of anilines is 1. The molecule has 0 aromatic carbocycles. The SMILES string of the molecule is Nc1ncncc1-c1ccnc2c1cnn2-c1ncccc1Br. The van der Waals surface area contributed by atoms with Crippen molar-refractivity contribution in [3.05, 3.63) is 53.8 Å². The molecule has 2 N–H and O–H groups in total. The summed E-state index contributed by atoms with van der Waals surface area (Å²) < 4.78 is 2.52. The lowest BCUT2D eigenvalue weighted by molar-refractivity contribution is 0.858. The highest BCUT2D eigenvalue weighted by atomic mass is 79.9. The minimum Gasteiger partial charge on any atom is -0.383 e. The highest BCUT2D eigenvalue weighted by molar-refractivity contribution is 9.10. The zero-order valence-electron chi connectivity index (χ0n) is 11.8. The van der Waals surface area contributed by atoms with Gasteiger partial charge in [0.15, 0.2) is 11.5 Å². The summed E-state index contributed by atoms with van der Waals surface area (Å²) in [5.41, 5.74) is 8.28. The fraction of sp³-hybridized carbons (Fsp3) is 0. The monoisotopic (exact) mass is 367 g/mol. The molecule has 0 unspecified atom stereocenters. The Balaban J connectivity index is 1.98. The van der Waals surface area contributed by atoms with Crippen molar-refractivity contribution >= 4 is 32.8 Å². The summed E-state index contributed by atoms with van der Waals surface area (Å²) in [5, 5.41) is 5.28. The van der Waals surface area contributed by atoms with E-state index in [0.717, 1.165) is 21.0 Å². The smallest absolute Gasteiger partial charge is 0.170 e. The van der Waals surface area contributed by atoms with Crippen molar-refractivity contribution in [1.29, 1.82) is 0 Å². The van der Waals surface area contributed by atoms with E-state index in [2.05, 4.69) is 41.0 Å². The van der Waals surface area contributed by atoms with Crippen molar-refractivity contribution in [2.45, 2.75) is 0 Å². The molecule has 0 bridgehead atoms. The Morgan fingerprint density at radius 2 is 1.91 bits per heavy atom. The molecule has 0 aliphatic heterocycles. The van der Waals surface area contributed by atoms with Crippen molar-refractivity contribution in [3.8, 4) is 16.9 Å². The summed E-state index contributed by atoms with van der Waals surface area (Å²) in [6, 6.07) is 5.62. The van der Waals surface area contributed by atoms with Crippen LogP contribution in [-0.4, -0.2) is 29.7 Å². The number of nitrogens with zero attached hydrogens (tertiary/aromatic N) is 6. The van der Waals surface area contributed by atoms with E-state index >= 15 is 0 Å². The molecule has 0 aliphatic carbocycles.